The maximum absolute atomic E-state index is 12.7. The van der Waals surface area contributed by atoms with Gasteiger partial charge in [-0.3, -0.25) is 4.98 Å². The maximum atomic E-state index is 12.7. The Kier molecular flexibility index (Phi) is 5.55. The minimum atomic E-state index is -4.38. The zero-order valence-corrected chi connectivity index (χ0v) is 10.2. The number of halogens is 3. The second-order valence-electron chi connectivity index (χ2n) is 3.99. The summed E-state index contributed by atoms with van der Waals surface area (Å²) in [7, 11) is 0. The largest absolute Gasteiger partial charge is 0.418 e. The molecule has 3 nitrogen and oxygen atoms in total. The van der Waals surface area contributed by atoms with E-state index in [4.69, 9.17) is 5.11 Å². The van der Waals surface area contributed by atoms with Crippen molar-refractivity contribution in [2.45, 2.75) is 38.5 Å². The van der Waals surface area contributed by atoms with E-state index in [9.17, 15) is 13.2 Å². The quantitative estimate of drug-likeness (QED) is 0.827. The Labute approximate surface area is 104 Å². The third-order valence-corrected chi connectivity index (χ3v) is 2.72. The van der Waals surface area contributed by atoms with Crippen LogP contribution in [0.4, 0.5) is 13.2 Å². The van der Waals surface area contributed by atoms with Gasteiger partial charge in [-0.2, -0.15) is 13.2 Å². The lowest BCUT2D eigenvalue weighted by Gasteiger charge is -2.17. The zero-order valence-electron chi connectivity index (χ0n) is 10.2. The van der Waals surface area contributed by atoms with E-state index in [1.54, 1.807) is 0 Å². The minimum Gasteiger partial charge on any atom is -0.396 e. The molecule has 0 saturated carbocycles. The molecule has 2 N–H and O–H groups in total. The summed E-state index contributed by atoms with van der Waals surface area (Å²) >= 11 is 0. The molecule has 0 aromatic carbocycles. The van der Waals surface area contributed by atoms with Crippen LogP contribution in [0.25, 0.3) is 0 Å². The first-order valence-corrected chi connectivity index (χ1v) is 5.84. The number of alkyl halides is 3. The summed E-state index contributed by atoms with van der Waals surface area (Å²) in [5, 5.41) is 11.8. The van der Waals surface area contributed by atoms with E-state index in [1.807, 2.05) is 6.92 Å². The van der Waals surface area contributed by atoms with E-state index >= 15 is 0 Å². The summed E-state index contributed by atoms with van der Waals surface area (Å²) in [6.07, 6.45) is -1.78. The molecule has 1 heterocycles. The Morgan fingerprint density at radius 1 is 1.44 bits per heavy atom. The van der Waals surface area contributed by atoms with Gasteiger partial charge in [-0.25, -0.2) is 0 Å². The number of nitrogens with zero attached hydrogens (tertiary/aromatic N) is 1. The van der Waals surface area contributed by atoms with Gasteiger partial charge >= 0.3 is 6.18 Å². The van der Waals surface area contributed by atoms with Crippen molar-refractivity contribution in [1.29, 1.82) is 0 Å². The molecule has 1 aromatic heterocycles. The molecule has 18 heavy (non-hydrogen) atoms. The fourth-order valence-electron chi connectivity index (χ4n) is 1.68. The van der Waals surface area contributed by atoms with Gasteiger partial charge in [0.15, 0.2) is 0 Å². The molecule has 1 atom stereocenters. The average Bonchev–Trinajstić information content (AvgIpc) is 2.33. The number of rotatable bonds is 6. The van der Waals surface area contributed by atoms with Gasteiger partial charge in [-0.1, -0.05) is 6.92 Å². The van der Waals surface area contributed by atoms with Gasteiger partial charge in [0, 0.05) is 25.4 Å². The van der Waals surface area contributed by atoms with E-state index in [-0.39, 0.29) is 24.9 Å². The highest BCUT2D eigenvalue weighted by Crippen LogP contribution is 2.30. The second kappa shape index (κ2) is 6.70. The highest BCUT2D eigenvalue weighted by molar-refractivity contribution is 5.22. The summed E-state index contributed by atoms with van der Waals surface area (Å²) < 4.78 is 38.1. The smallest absolute Gasteiger partial charge is 0.396 e. The summed E-state index contributed by atoms with van der Waals surface area (Å²) in [6.45, 7) is 1.98. The van der Waals surface area contributed by atoms with Crippen LogP contribution in [0.2, 0.25) is 0 Å². The lowest BCUT2D eigenvalue weighted by molar-refractivity contribution is -0.138. The van der Waals surface area contributed by atoms with Crippen molar-refractivity contribution >= 4 is 0 Å². The minimum absolute atomic E-state index is 0.00177. The molecule has 0 aliphatic rings. The Balaban J connectivity index is 2.73. The summed E-state index contributed by atoms with van der Waals surface area (Å²) in [4.78, 5) is 3.77. The van der Waals surface area contributed by atoms with E-state index in [0.29, 0.717) is 6.42 Å². The number of aliphatic hydroxyl groups excluding tert-OH is 1. The average molecular weight is 262 g/mol. The molecule has 0 saturated heterocycles. The van der Waals surface area contributed by atoms with Crippen LogP contribution in [-0.2, 0) is 12.7 Å². The molecule has 0 amide bonds. The van der Waals surface area contributed by atoms with Crippen LogP contribution >= 0.6 is 0 Å². The number of nitrogens with one attached hydrogen (secondary N) is 1. The number of hydrogen-bond donors (Lipinski definition) is 2. The van der Waals surface area contributed by atoms with Crippen LogP contribution in [0, 0.1) is 0 Å². The highest BCUT2D eigenvalue weighted by Gasteiger charge is 2.33. The van der Waals surface area contributed by atoms with Gasteiger partial charge in [-0.15, -0.1) is 0 Å². The van der Waals surface area contributed by atoms with Gasteiger partial charge in [0.25, 0.3) is 0 Å². The lowest BCUT2D eigenvalue weighted by atomic mass is 10.1. The van der Waals surface area contributed by atoms with Crippen molar-refractivity contribution in [3.63, 3.8) is 0 Å². The molecule has 0 fully saturated rings. The molecular formula is C12H17F3N2O. The molecule has 0 aliphatic heterocycles. The molecule has 1 unspecified atom stereocenters. The Hall–Kier alpha value is -1.14. The summed E-state index contributed by atoms with van der Waals surface area (Å²) in [6, 6.07) is 2.30. The maximum Gasteiger partial charge on any atom is 0.418 e. The normalized spacial score (nSPS) is 13.6. The van der Waals surface area contributed by atoms with Crippen molar-refractivity contribution in [2.24, 2.45) is 0 Å². The van der Waals surface area contributed by atoms with Crippen molar-refractivity contribution in [1.82, 2.24) is 10.3 Å². The van der Waals surface area contributed by atoms with Crippen LogP contribution in [0.15, 0.2) is 18.3 Å². The second-order valence-corrected chi connectivity index (χ2v) is 3.99. The molecule has 102 valence electrons. The molecule has 1 rings (SSSR count). The topological polar surface area (TPSA) is 45.1 Å². The van der Waals surface area contributed by atoms with Gasteiger partial charge in [0.05, 0.1) is 11.3 Å². The molecule has 0 bridgehead atoms. The number of aliphatic hydroxyl groups is 1. The standard InChI is InChI=1S/C12H17F3N2O/c1-2-9(5-7-18)17-8-11-10(12(13,14)15)4-3-6-16-11/h3-4,6,9,17-18H,2,5,7-8H2,1H3. The van der Waals surface area contributed by atoms with Gasteiger partial charge in [0.1, 0.15) is 0 Å². The molecule has 0 aliphatic carbocycles. The lowest BCUT2D eigenvalue weighted by Crippen LogP contribution is -2.30. The molecule has 0 radical (unpaired) electrons. The van der Waals surface area contributed by atoms with Crippen molar-refractivity contribution in [3.8, 4) is 0 Å². The van der Waals surface area contributed by atoms with Crippen LogP contribution in [0.1, 0.15) is 31.0 Å². The SMILES string of the molecule is CCC(CCO)NCc1ncccc1C(F)(F)F. The van der Waals surface area contributed by atoms with E-state index in [0.717, 1.165) is 12.5 Å². The third-order valence-electron chi connectivity index (χ3n) is 2.72. The Bertz CT molecular complexity index is 369. The van der Waals surface area contributed by atoms with Crippen molar-refractivity contribution < 1.29 is 18.3 Å². The van der Waals surface area contributed by atoms with Gasteiger partial charge < -0.3 is 10.4 Å². The van der Waals surface area contributed by atoms with Crippen LogP contribution in [0.3, 0.4) is 0 Å². The zero-order chi connectivity index (χ0) is 13.6. The molecule has 0 spiro atoms. The first kappa shape index (κ1) is 14.9. The third kappa shape index (κ3) is 4.27. The predicted molar refractivity (Wildman–Crippen MR) is 61.9 cm³/mol. The van der Waals surface area contributed by atoms with E-state index in [2.05, 4.69) is 10.3 Å². The Morgan fingerprint density at radius 2 is 2.17 bits per heavy atom. The highest BCUT2D eigenvalue weighted by atomic mass is 19.4. The van der Waals surface area contributed by atoms with Gasteiger partial charge in [-0.05, 0) is 25.0 Å². The summed E-state index contributed by atoms with van der Waals surface area (Å²) in [5.41, 5.74) is -0.724. The van der Waals surface area contributed by atoms with Crippen molar-refractivity contribution in [3.05, 3.63) is 29.6 Å². The van der Waals surface area contributed by atoms with Crippen LogP contribution < -0.4 is 5.32 Å². The number of pyridine rings is 1. The van der Waals surface area contributed by atoms with Crippen molar-refractivity contribution in [2.75, 3.05) is 6.61 Å². The molecule has 1 aromatic rings. The number of aromatic nitrogens is 1. The molecule has 6 heteroatoms. The first-order valence-electron chi connectivity index (χ1n) is 5.84. The molecular weight excluding hydrogens is 245 g/mol. The van der Waals surface area contributed by atoms with Crippen LogP contribution in [-0.4, -0.2) is 22.7 Å². The first-order chi connectivity index (χ1) is 8.49. The monoisotopic (exact) mass is 262 g/mol. The van der Waals surface area contributed by atoms with E-state index in [1.165, 1.54) is 12.3 Å². The Morgan fingerprint density at radius 3 is 2.72 bits per heavy atom. The fraction of sp³-hybridized carbons (Fsp3) is 0.583. The predicted octanol–water partition coefficient (Wildman–Crippen LogP) is 2.35. The van der Waals surface area contributed by atoms with Crippen LogP contribution in [0.5, 0.6) is 0 Å². The van der Waals surface area contributed by atoms with E-state index < -0.39 is 11.7 Å². The summed E-state index contributed by atoms with van der Waals surface area (Å²) in [5.74, 6) is 0. The fourth-order valence-corrected chi connectivity index (χ4v) is 1.68. The van der Waals surface area contributed by atoms with Gasteiger partial charge in [0.2, 0.25) is 0 Å². The number of hydrogen-bond acceptors (Lipinski definition) is 3.